The van der Waals surface area contributed by atoms with Crippen LogP contribution in [0.2, 0.25) is 0 Å². The van der Waals surface area contributed by atoms with Crippen LogP contribution in [0.1, 0.15) is 19.3 Å². The van der Waals surface area contributed by atoms with E-state index in [0.717, 1.165) is 6.08 Å². The summed E-state index contributed by atoms with van der Waals surface area (Å²) < 4.78 is 49.2. The monoisotopic (exact) mass is 282 g/mol. The van der Waals surface area contributed by atoms with Crippen molar-refractivity contribution in [1.29, 1.82) is 0 Å². The molecule has 2 nitrogen and oxygen atoms in total. The molecule has 0 aromatic heterocycles. The molecule has 1 aliphatic carbocycles. The lowest BCUT2D eigenvalue weighted by atomic mass is 9.97. The van der Waals surface area contributed by atoms with Crippen LogP contribution >= 0.6 is 11.8 Å². The topological polar surface area (TPSA) is 34.1 Å². The molecule has 18 heavy (non-hydrogen) atoms. The third-order valence-corrected chi connectivity index (χ3v) is 3.32. The number of hydrogen-bond acceptors (Lipinski definition) is 3. The molecular formula is C11H10F4O2S. The quantitative estimate of drug-likeness (QED) is 0.586. The third-order valence-electron chi connectivity index (χ3n) is 2.43. The SMILES string of the molecule is CSC1=C(F)C=C(C(=O)CC(=O)C(F)(F)F)CC1. The van der Waals surface area contributed by atoms with Crippen LogP contribution in [0.3, 0.4) is 0 Å². The van der Waals surface area contributed by atoms with Gasteiger partial charge < -0.3 is 0 Å². The fraction of sp³-hybridized carbons (Fsp3) is 0.455. The standard InChI is InChI=1S/C11H10F4O2S/c1-18-9-3-2-6(4-7(9)12)8(16)5-10(17)11(13,14)15/h4H,2-3,5H2,1H3. The van der Waals surface area contributed by atoms with Crippen molar-refractivity contribution in [3.63, 3.8) is 0 Å². The molecule has 0 aromatic carbocycles. The first-order valence-electron chi connectivity index (χ1n) is 5.02. The number of ketones is 2. The Balaban J connectivity index is 2.76. The average molecular weight is 282 g/mol. The second kappa shape index (κ2) is 5.69. The maximum Gasteiger partial charge on any atom is 0.450 e. The Morgan fingerprint density at radius 3 is 2.39 bits per heavy atom. The van der Waals surface area contributed by atoms with Crippen LogP contribution in [-0.2, 0) is 9.59 Å². The minimum Gasteiger partial charge on any atom is -0.294 e. The Labute approximate surface area is 105 Å². The fourth-order valence-electron chi connectivity index (χ4n) is 1.45. The van der Waals surface area contributed by atoms with E-state index >= 15 is 0 Å². The van der Waals surface area contributed by atoms with Crippen LogP contribution in [0.25, 0.3) is 0 Å². The minimum atomic E-state index is -5.02. The van der Waals surface area contributed by atoms with Crippen molar-refractivity contribution in [2.75, 3.05) is 6.26 Å². The second-order valence-corrected chi connectivity index (χ2v) is 4.57. The van der Waals surface area contributed by atoms with E-state index in [9.17, 15) is 27.2 Å². The first-order valence-corrected chi connectivity index (χ1v) is 6.24. The zero-order valence-electron chi connectivity index (χ0n) is 9.44. The predicted molar refractivity (Wildman–Crippen MR) is 59.7 cm³/mol. The molecule has 7 heteroatoms. The van der Waals surface area contributed by atoms with Gasteiger partial charge in [0.15, 0.2) is 5.78 Å². The van der Waals surface area contributed by atoms with Crippen molar-refractivity contribution in [2.45, 2.75) is 25.4 Å². The summed E-state index contributed by atoms with van der Waals surface area (Å²) in [5.74, 6) is -3.68. The number of hydrogen-bond donors (Lipinski definition) is 0. The number of alkyl halides is 3. The molecule has 0 aromatic rings. The summed E-state index contributed by atoms with van der Waals surface area (Å²) in [6.45, 7) is 0. The Kier molecular flexibility index (Phi) is 4.72. The molecule has 100 valence electrons. The number of carbonyl (C=O) groups is 2. The van der Waals surface area contributed by atoms with E-state index in [1.807, 2.05) is 0 Å². The average Bonchev–Trinajstić information content (AvgIpc) is 2.27. The van der Waals surface area contributed by atoms with Crippen LogP contribution in [0, 0.1) is 0 Å². The molecule has 0 unspecified atom stereocenters. The highest BCUT2D eigenvalue weighted by Gasteiger charge is 2.39. The molecule has 0 heterocycles. The van der Waals surface area contributed by atoms with E-state index in [1.54, 1.807) is 6.26 Å². The lowest BCUT2D eigenvalue weighted by molar-refractivity contribution is -0.171. The second-order valence-electron chi connectivity index (χ2n) is 3.67. The number of allylic oxidation sites excluding steroid dienone is 4. The Hall–Kier alpha value is -1.11. The number of rotatable bonds is 4. The van der Waals surface area contributed by atoms with E-state index < -0.39 is 30.0 Å². The van der Waals surface area contributed by atoms with Crippen molar-refractivity contribution in [3.05, 3.63) is 22.4 Å². The molecule has 0 aliphatic heterocycles. The van der Waals surface area contributed by atoms with Gasteiger partial charge in [0.1, 0.15) is 5.83 Å². The van der Waals surface area contributed by atoms with Gasteiger partial charge in [-0.05, 0) is 30.7 Å². The molecule has 0 amide bonds. The molecule has 0 radical (unpaired) electrons. The van der Waals surface area contributed by atoms with E-state index in [2.05, 4.69) is 0 Å². The number of halogens is 4. The molecule has 0 N–H and O–H groups in total. The molecule has 1 aliphatic rings. The summed E-state index contributed by atoms with van der Waals surface area (Å²) >= 11 is 1.19. The van der Waals surface area contributed by atoms with E-state index in [1.165, 1.54) is 11.8 Å². The molecule has 1 rings (SSSR count). The van der Waals surface area contributed by atoms with Crippen molar-refractivity contribution >= 4 is 23.3 Å². The molecule has 0 saturated carbocycles. The summed E-state index contributed by atoms with van der Waals surface area (Å²) in [5.41, 5.74) is -0.0668. The molecule has 0 saturated heterocycles. The lowest BCUT2D eigenvalue weighted by Crippen LogP contribution is -2.26. The largest absolute Gasteiger partial charge is 0.450 e. The maximum atomic E-state index is 13.4. The number of Topliss-reactive ketones (excluding diaryl/α,β-unsaturated/α-hetero) is 2. The first kappa shape index (κ1) is 14.9. The van der Waals surface area contributed by atoms with Gasteiger partial charge in [0.2, 0.25) is 5.78 Å². The number of carbonyl (C=O) groups excluding carboxylic acids is 2. The van der Waals surface area contributed by atoms with Gasteiger partial charge in [0, 0.05) is 4.91 Å². The summed E-state index contributed by atoms with van der Waals surface area (Å²) in [5, 5.41) is 0. The van der Waals surface area contributed by atoms with E-state index in [4.69, 9.17) is 0 Å². The van der Waals surface area contributed by atoms with Crippen molar-refractivity contribution in [3.8, 4) is 0 Å². The Morgan fingerprint density at radius 1 is 1.33 bits per heavy atom. The highest BCUT2D eigenvalue weighted by molar-refractivity contribution is 8.02. The summed E-state index contributed by atoms with van der Waals surface area (Å²) in [6.07, 6.45) is -3.26. The van der Waals surface area contributed by atoms with Gasteiger partial charge in [0.25, 0.3) is 0 Å². The minimum absolute atomic E-state index is 0.0668. The van der Waals surface area contributed by atoms with Crippen molar-refractivity contribution in [2.24, 2.45) is 0 Å². The zero-order valence-corrected chi connectivity index (χ0v) is 10.3. The molecule has 0 atom stereocenters. The smallest absolute Gasteiger partial charge is 0.294 e. The highest BCUT2D eigenvalue weighted by atomic mass is 32.2. The van der Waals surface area contributed by atoms with Gasteiger partial charge in [-0.15, -0.1) is 11.8 Å². The molecule has 0 spiro atoms. The van der Waals surface area contributed by atoms with Gasteiger partial charge in [-0.1, -0.05) is 0 Å². The third kappa shape index (κ3) is 3.69. The summed E-state index contributed by atoms with van der Waals surface area (Å²) in [7, 11) is 0. The summed E-state index contributed by atoms with van der Waals surface area (Å²) in [4.78, 5) is 22.5. The lowest BCUT2D eigenvalue weighted by Gasteiger charge is -2.14. The molecular weight excluding hydrogens is 272 g/mol. The zero-order chi connectivity index (χ0) is 13.9. The van der Waals surface area contributed by atoms with Crippen LogP contribution in [0.4, 0.5) is 17.6 Å². The van der Waals surface area contributed by atoms with E-state index in [0.29, 0.717) is 4.91 Å². The molecule has 0 fully saturated rings. The van der Waals surface area contributed by atoms with Crippen molar-refractivity contribution in [1.82, 2.24) is 0 Å². The van der Waals surface area contributed by atoms with Crippen LogP contribution in [0.15, 0.2) is 22.4 Å². The fourth-order valence-corrected chi connectivity index (χ4v) is 2.01. The van der Waals surface area contributed by atoms with Gasteiger partial charge in [0.05, 0.1) is 6.42 Å². The van der Waals surface area contributed by atoms with Crippen LogP contribution in [-0.4, -0.2) is 24.0 Å². The highest BCUT2D eigenvalue weighted by Crippen LogP contribution is 2.32. The van der Waals surface area contributed by atoms with Crippen LogP contribution < -0.4 is 0 Å². The van der Waals surface area contributed by atoms with Gasteiger partial charge >= 0.3 is 6.18 Å². The maximum absolute atomic E-state index is 13.4. The summed E-state index contributed by atoms with van der Waals surface area (Å²) in [6, 6.07) is 0. The number of thioether (sulfide) groups is 1. The van der Waals surface area contributed by atoms with E-state index in [-0.39, 0.29) is 18.4 Å². The van der Waals surface area contributed by atoms with Gasteiger partial charge in [-0.3, -0.25) is 9.59 Å². The van der Waals surface area contributed by atoms with Gasteiger partial charge in [-0.25, -0.2) is 4.39 Å². The Bertz CT molecular complexity index is 435. The normalized spacial score (nSPS) is 16.6. The van der Waals surface area contributed by atoms with Crippen LogP contribution in [0.5, 0.6) is 0 Å². The first-order chi connectivity index (χ1) is 8.25. The van der Waals surface area contributed by atoms with Gasteiger partial charge in [-0.2, -0.15) is 13.2 Å². The predicted octanol–water partition coefficient (Wildman–Crippen LogP) is 3.34. The Morgan fingerprint density at radius 2 is 1.94 bits per heavy atom. The van der Waals surface area contributed by atoms with Crippen molar-refractivity contribution < 1.29 is 27.2 Å². The molecule has 0 bridgehead atoms.